The lowest BCUT2D eigenvalue weighted by atomic mass is 10.2. The summed E-state index contributed by atoms with van der Waals surface area (Å²) in [5.74, 6) is 1.08. The number of carbonyl (C=O) groups excluding carboxylic acids is 1. The molecule has 2 aromatic heterocycles. The van der Waals surface area contributed by atoms with E-state index in [0.29, 0.717) is 11.8 Å². The van der Waals surface area contributed by atoms with Gasteiger partial charge < -0.3 is 5.32 Å². The maximum atomic E-state index is 11.3. The third-order valence-corrected chi connectivity index (χ3v) is 2.77. The van der Waals surface area contributed by atoms with Crippen molar-refractivity contribution < 1.29 is 4.79 Å². The molecule has 0 saturated heterocycles. The fourth-order valence-corrected chi connectivity index (χ4v) is 2.05. The third-order valence-electron chi connectivity index (χ3n) is 2.77. The molecule has 0 unspecified atom stereocenters. The van der Waals surface area contributed by atoms with Crippen molar-refractivity contribution in [3.8, 4) is 5.95 Å². The Kier molecular flexibility index (Phi) is 2.72. The molecule has 0 fully saturated rings. The molecule has 0 spiro atoms. The van der Waals surface area contributed by atoms with E-state index in [1.54, 1.807) is 18.5 Å². The van der Waals surface area contributed by atoms with Crippen LogP contribution in [0.5, 0.6) is 0 Å². The number of rotatable bonds is 2. The predicted molar refractivity (Wildman–Crippen MR) is 73.2 cm³/mol. The number of amides is 1. The van der Waals surface area contributed by atoms with Gasteiger partial charge in [-0.1, -0.05) is 18.2 Å². The molecule has 0 radical (unpaired) electrons. The molecule has 2 heterocycles. The average molecular weight is 252 g/mol. The molecule has 1 aromatic carbocycles. The van der Waals surface area contributed by atoms with Crippen LogP contribution < -0.4 is 5.32 Å². The van der Waals surface area contributed by atoms with E-state index in [4.69, 9.17) is 0 Å². The fraction of sp³-hybridized carbons (Fsp3) is 0.0714. The summed E-state index contributed by atoms with van der Waals surface area (Å²) in [6.07, 6.45) is 3.35. The number of para-hydroxylation sites is 1. The Bertz CT molecular complexity index is 734. The Hall–Kier alpha value is -2.69. The van der Waals surface area contributed by atoms with Crippen LogP contribution in [-0.2, 0) is 4.79 Å². The van der Waals surface area contributed by atoms with Crippen LogP contribution in [0.25, 0.3) is 16.9 Å². The van der Waals surface area contributed by atoms with Crippen molar-refractivity contribution in [3.05, 3.63) is 48.8 Å². The second-order valence-electron chi connectivity index (χ2n) is 4.15. The average Bonchev–Trinajstić information content (AvgIpc) is 2.76. The topological polar surface area (TPSA) is 59.8 Å². The van der Waals surface area contributed by atoms with Gasteiger partial charge in [0, 0.05) is 24.7 Å². The summed E-state index contributed by atoms with van der Waals surface area (Å²) >= 11 is 0. The second-order valence-corrected chi connectivity index (χ2v) is 4.15. The van der Waals surface area contributed by atoms with Gasteiger partial charge in [0.15, 0.2) is 0 Å². The Morgan fingerprint density at radius 2 is 1.89 bits per heavy atom. The molecular weight excluding hydrogens is 240 g/mol. The highest BCUT2D eigenvalue weighted by Gasteiger charge is 2.12. The van der Waals surface area contributed by atoms with Gasteiger partial charge in [-0.2, -0.15) is 0 Å². The summed E-state index contributed by atoms with van der Waals surface area (Å²) in [5.41, 5.74) is 0.956. The Balaban J connectivity index is 2.27. The van der Waals surface area contributed by atoms with Crippen LogP contribution in [0.1, 0.15) is 6.92 Å². The van der Waals surface area contributed by atoms with Crippen molar-refractivity contribution >= 4 is 22.6 Å². The van der Waals surface area contributed by atoms with Crippen LogP contribution in [-0.4, -0.2) is 20.4 Å². The highest BCUT2D eigenvalue weighted by molar-refractivity contribution is 5.94. The van der Waals surface area contributed by atoms with Crippen molar-refractivity contribution in [2.45, 2.75) is 6.92 Å². The molecule has 1 N–H and O–H groups in total. The number of aromatic nitrogens is 3. The normalized spacial score (nSPS) is 10.6. The second kappa shape index (κ2) is 4.53. The van der Waals surface area contributed by atoms with Crippen molar-refractivity contribution in [1.82, 2.24) is 14.5 Å². The monoisotopic (exact) mass is 252 g/mol. The van der Waals surface area contributed by atoms with E-state index in [1.807, 2.05) is 34.9 Å². The molecule has 3 aromatic rings. The summed E-state index contributed by atoms with van der Waals surface area (Å²) in [4.78, 5) is 19.8. The third kappa shape index (κ3) is 2.06. The summed E-state index contributed by atoms with van der Waals surface area (Å²) in [5, 5.41) is 3.83. The standard InChI is InChI=1S/C14H12N4O/c1-10(19)17-13-9-11-5-2-3-6-12(11)18(13)14-15-7-4-8-16-14/h2-9H,1H3,(H,17,19). The molecule has 19 heavy (non-hydrogen) atoms. The molecule has 0 aliphatic heterocycles. The van der Waals surface area contributed by atoms with Crippen LogP contribution in [0.3, 0.4) is 0 Å². The van der Waals surface area contributed by atoms with Gasteiger partial charge >= 0.3 is 0 Å². The van der Waals surface area contributed by atoms with Gasteiger partial charge in [0.1, 0.15) is 5.82 Å². The SMILES string of the molecule is CC(=O)Nc1cc2ccccc2n1-c1ncccn1. The van der Waals surface area contributed by atoms with Crippen molar-refractivity contribution in [1.29, 1.82) is 0 Å². The van der Waals surface area contributed by atoms with Crippen molar-refractivity contribution in [2.24, 2.45) is 0 Å². The number of nitrogens with zero attached hydrogens (tertiary/aromatic N) is 3. The minimum absolute atomic E-state index is 0.125. The van der Waals surface area contributed by atoms with Crippen molar-refractivity contribution in [3.63, 3.8) is 0 Å². The fourth-order valence-electron chi connectivity index (χ4n) is 2.05. The lowest BCUT2D eigenvalue weighted by Gasteiger charge is -2.08. The molecule has 0 atom stereocenters. The number of hydrogen-bond acceptors (Lipinski definition) is 3. The summed E-state index contributed by atoms with van der Waals surface area (Å²) in [6.45, 7) is 1.48. The molecule has 5 heteroatoms. The van der Waals surface area contributed by atoms with Crippen LogP contribution in [0.4, 0.5) is 5.82 Å². The zero-order valence-electron chi connectivity index (χ0n) is 10.4. The van der Waals surface area contributed by atoms with E-state index in [2.05, 4.69) is 15.3 Å². The molecule has 0 aliphatic carbocycles. The van der Waals surface area contributed by atoms with E-state index in [-0.39, 0.29) is 5.91 Å². The molecule has 0 bridgehead atoms. The number of benzene rings is 1. The highest BCUT2D eigenvalue weighted by atomic mass is 16.1. The largest absolute Gasteiger partial charge is 0.312 e. The van der Waals surface area contributed by atoms with Gasteiger partial charge in [0.25, 0.3) is 0 Å². The van der Waals surface area contributed by atoms with E-state index in [9.17, 15) is 4.79 Å². The molecular formula is C14H12N4O. The molecule has 1 amide bonds. The van der Waals surface area contributed by atoms with Gasteiger partial charge in [-0.05, 0) is 18.2 Å². The number of carbonyl (C=O) groups is 1. The van der Waals surface area contributed by atoms with Gasteiger partial charge in [0.2, 0.25) is 11.9 Å². The van der Waals surface area contributed by atoms with Gasteiger partial charge in [-0.3, -0.25) is 9.36 Å². The zero-order chi connectivity index (χ0) is 13.2. The first kappa shape index (κ1) is 11.4. The lowest BCUT2D eigenvalue weighted by molar-refractivity contribution is -0.114. The van der Waals surface area contributed by atoms with E-state index in [1.165, 1.54) is 6.92 Å². The molecule has 0 saturated carbocycles. The lowest BCUT2D eigenvalue weighted by Crippen LogP contribution is -2.11. The Morgan fingerprint density at radius 3 is 2.63 bits per heavy atom. The van der Waals surface area contributed by atoms with Crippen molar-refractivity contribution in [2.75, 3.05) is 5.32 Å². The summed E-state index contributed by atoms with van der Waals surface area (Å²) < 4.78 is 1.83. The maximum absolute atomic E-state index is 11.3. The van der Waals surface area contributed by atoms with E-state index >= 15 is 0 Å². The van der Waals surface area contributed by atoms with Crippen LogP contribution >= 0.6 is 0 Å². The van der Waals surface area contributed by atoms with Crippen LogP contribution in [0.15, 0.2) is 48.8 Å². The summed E-state index contributed by atoms with van der Waals surface area (Å²) in [7, 11) is 0. The number of hydrogen-bond donors (Lipinski definition) is 1. The van der Waals surface area contributed by atoms with E-state index < -0.39 is 0 Å². The number of fused-ring (bicyclic) bond motifs is 1. The zero-order valence-corrected chi connectivity index (χ0v) is 10.4. The summed E-state index contributed by atoms with van der Waals surface area (Å²) in [6, 6.07) is 11.5. The van der Waals surface area contributed by atoms with Gasteiger partial charge in [0.05, 0.1) is 5.52 Å². The number of nitrogens with one attached hydrogen (secondary N) is 1. The predicted octanol–water partition coefficient (Wildman–Crippen LogP) is 2.38. The molecule has 94 valence electrons. The Labute approximate surface area is 109 Å². The quantitative estimate of drug-likeness (QED) is 0.761. The van der Waals surface area contributed by atoms with Crippen LogP contribution in [0, 0.1) is 0 Å². The number of anilines is 1. The first-order valence-corrected chi connectivity index (χ1v) is 5.91. The highest BCUT2D eigenvalue weighted by Crippen LogP contribution is 2.25. The molecule has 3 rings (SSSR count). The Morgan fingerprint density at radius 1 is 1.16 bits per heavy atom. The smallest absolute Gasteiger partial charge is 0.235 e. The maximum Gasteiger partial charge on any atom is 0.235 e. The molecule has 0 aliphatic rings. The molecule has 5 nitrogen and oxygen atoms in total. The minimum atomic E-state index is -0.125. The minimum Gasteiger partial charge on any atom is -0.312 e. The first-order valence-electron chi connectivity index (χ1n) is 5.91. The van der Waals surface area contributed by atoms with Gasteiger partial charge in [-0.25, -0.2) is 9.97 Å². The van der Waals surface area contributed by atoms with Crippen LogP contribution in [0.2, 0.25) is 0 Å². The van der Waals surface area contributed by atoms with E-state index in [0.717, 1.165) is 10.9 Å². The first-order chi connectivity index (χ1) is 9.25. The van der Waals surface area contributed by atoms with Gasteiger partial charge in [-0.15, -0.1) is 0 Å².